The topological polar surface area (TPSA) is 62.1 Å². The molecule has 10 heteroatoms. The molecule has 3 aromatic rings. The maximum atomic E-state index is 12.5. The lowest BCUT2D eigenvalue weighted by molar-refractivity contribution is -0.112. The Morgan fingerprint density at radius 2 is 1.64 bits per heavy atom. The van der Waals surface area contributed by atoms with Crippen LogP contribution in [0.2, 0.25) is 30.1 Å². The lowest BCUT2D eigenvalue weighted by Crippen LogP contribution is -2.13. The number of carbonyl (C=O) groups excluding carboxylic acids is 1. The van der Waals surface area contributed by atoms with E-state index in [0.29, 0.717) is 21.2 Å². The van der Waals surface area contributed by atoms with Gasteiger partial charge in [0.2, 0.25) is 0 Å². The number of ether oxygens (including phenoxy) is 1. The quantitative estimate of drug-likeness (QED) is 0.242. The van der Waals surface area contributed by atoms with E-state index in [2.05, 4.69) is 5.32 Å². The van der Waals surface area contributed by atoms with Crippen molar-refractivity contribution in [1.82, 2.24) is 0 Å². The summed E-state index contributed by atoms with van der Waals surface area (Å²) in [6.45, 7) is 0.108. The van der Waals surface area contributed by atoms with Crippen LogP contribution < -0.4 is 10.1 Å². The van der Waals surface area contributed by atoms with E-state index in [0.717, 1.165) is 0 Å². The molecule has 0 unspecified atom stereocenters. The zero-order valence-electron chi connectivity index (χ0n) is 16.4. The third kappa shape index (κ3) is 6.49. The van der Waals surface area contributed by atoms with E-state index >= 15 is 0 Å². The minimum Gasteiger partial charge on any atom is -0.486 e. The average molecular weight is 561 g/mol. The van der Waals surface area contributed by atoms with E-state index in [-0.39, 0.29) is 43.7 Å². The van der Waals surface area contributed by atoms with Gasteiger partial charge < -0.3 is 10.1 Å². The monoisotopic (exact) mass is 558 g/mol. The SMILES string of the molecule is N#C/C(=C/c1cc(Cl)c(OCc2ccc(Cl)cc2Cl)c(Cl)c1)C(=O)Nc1cccc(Cl)c1Cl. The molecular weight excluding hydrogens is 549 g/mol. The normalized spacial score (nSPS) is 11.1. The molecule has 0 bridgehead atoms. The van der Waals surface area contributed by atoms with Gasteiger partial charge in [-0.25, -0.2) is 0 Å². The minimum atomic E-state index is -0.674. The maximum absolute atomic E-state index is 12.5. The van der Waals surface area contributed by atoms with Crippen LogP contribution >= 0.6 is 69.6 Å². The first-order valence-corrected chi connectivity index (χ1v) is 11.4. The van der Waals surface area contributed by atoms with E-state index < -0.39 is 5.91 Å². The van der Waals surface area contributed by atoms with E-state index in [9.17, 15) is 10.1 Å². The first kappa shape index (κ1) is 25.5. The van der Waals surface area contributed by atoms with Crippen LogP contribution in [0.25, 0.3) is 6.08 Å². The van der Waals surface area contributed by atoms with Gasteiger partial charge in [0.25, 0.3) is 5.91 Å². The second-order valence-corrected chi connectivity index (χ2v) is 9.01. The highest BCUT2D eigenvalue weighted by Gasteiger charge is 2.15. The van der Waals surface area contributed by atoms with Crippen molar-refractivity contribution in [3.63, 3.8) is 0 Å². The molecule has 168 valence electrons. The molecule has 0 aliphatic carbocycles. The molecule has 1 N–H and O–H groups in total. The Bertz CT molecular complexity index is 1280. The Morgan fingerprint density at radius 1 is 0.939 bits per heavy atom. The molecule has 3 aromatic carbocycles. The molecule has 0 atom stereocenters. The molecule has 1 amide bonds. The van der Waals surface area contributed by atoms with E-state index in [4.69, 9.17) is 74.3 Å². The van der Waals surface area contributed by atoms with Crippen molar-refractivity contribution in [2.75, 3.05) is 5.32 Å². The first-order valence-electron chi connectivity index (χ1n) is 9.12. The molecule has 0 aliphatic rings. The van der Waals surface area contributed by atoms with Gasteiger partial charge in [0, 0.05) is 15.6 Å². The molecule has 0 radical (unpaired) electrons. The second-order valence-electron chi connectivity index (χ2n) is 6.56. The van der Waals surface area contributed by atoms with Gasteiger partial charge >= 0.3 is 0 Å². The number of carbonyl (C=O) groups is 1. The van der Waals surface area contributed by atoms with Gasteiger partial charge in [0.15, 0.2) is 5.75 Å². The van der Waals surface area contributed by atoms with Gasteiger partial charge in [-0.3, -0.25) is 4.79 Å². The predicted octanol–water partition coefficient (Wildman–Crippen LogP) is 8.73. The number of rotatable bonds is 6. The molecule has 0 spiro atoms. The van der Waals surface area contributed by atoms with Crippen LogP contribution in [-0.4, -0.2) is 5.91 Å². The van der Waals surface area contributed by atoms with Crippen LogP contribution in [0.3, 0.4) is 0 Å². The molecule has 0 saturated carbocycles. The van der Waals surface area contributed by atoms with Crippen LogP contribution in [-0.2, 0) is 11.4 Å². The summed E-state index contributed by atoms with van der Waals surface area (Å²) in [5, 5.41) is 13.8. The van der Waals surface area contributed by atoms with Gasteiger partial charge in [-0.2, -0.15) is 5.26 Å². The lowest BCUT2D eigenvalue weighted by atomic mass is 10.1. The van der Waals surface area contributed by atoms with E-state index in [1.54, 1.807) is 36.4 Å². The number of benzene rings is 3. The molecule has 0 fully saturated rings. The lowest BCUT2D eigenvalue weighted by Gasteiger charge is -2.12. The Kier molecular flexibility index (Phi) is 8.78. The predicted molar refractivity (Wildman–Crippen MR) is 136 cm³/mol. The van der Waals surface area contributed by atoms with Gasteiger partial charge in [-0.1, -0.05) is 81.7 Å². The summed E-state index contributed by atoms with van der Waals surface area (Å²) in [6.07, 6.45) is 1.34. The molecule has 0 aromatic heterocycles. The fourth-order valence-corrected chi connectivity index (χ4v) is 4.12. The standard InChI is InChI=1S/C23H12Cl6N2O2/c24-15-5-4-13(17(26)9-15)11-33-22-18(27)7-12(8-19(22)28)6-14(10-30)23(32)31-20-3-1-2-16(25)21(20)29/h1-9H,11H2,(H,31,32)/b14-6-. The summed E-state index contributed by atoms with van der Waals surface area (Å²) in [4.78, 5) is 12.5. The van der Waals surface area contributed by atoms with Crippen molar-refractivity contribution in [3.8, 4) is 11.8 Å². The number of nitrogens with one attached hydrogen (secondary N) is 1. The summed E-state index contributed by atoms with van der Waals surface area (Å²) in [7, 11) is 0. The van der Waals surface area contributed by atoms with E-state index in [1.165, 1.54) is 18.2 Å². The van der Waals surface area contributed by atoms with Crippen LogP contribution in [0.1, 0.15) is 11.1 Å². The Hall–Kier alpha value is -2.10. The highest BCUT2D eigenvalue weighted by molar-refractivity contribution is 6.44. The molecule has 4 nitrogen and oxygen atoms in total. The Morgan fingerprint density at radius 3 is 2.27 bits per heavy atom. The summed E-state index contributed by atoms with van der Waals surface area (Å²) in [5.74, 6) is -0.443. The zero-order chi connectivity index (χ0) is 24.1. The number of nitrogens with zero attached hydrogens (tertiary/aromatic N) is 1. The third-order valence-electron chi connectivity index (χ3n) is 4.28. The number of hydrogen-bond acceptors (Lipinski definition) is 3. The highest BCUT2D eigenvalue weighted by Crippen LogP contribution is 2.36. The van der Waals surface area contributed by atoms with Gasteiger partial charge in [-0.05, 0) is 48.0 Å². The van der Waals surface area contributed by atoms with Crippen molar-refractivity contribution < 1.29 is 9.53 Å². The van der Waals surface area contributed by atoms with Gasteiger partial charge in [0.1, 0.15) is 18.2 Å². The smallest absolute Gasteiger partial charge is 0.266 e. The number of nitriles is 1. The summed E-state index contributed by atoms with van der Waals surface area (Å²) < 4.78 is 5.73. The van der Waals surface area contributed by atoms with Gasteiger partial charge in [-0.15, -0.1) is 0 Å². The Balaban J connectivity index is 1.80. The fraction of sp³-hybridized carbons (Fsp3) is 0.0435. The van der Waals surface area contributed by atoms with Crippen LogP contribution in [0.5, 0.6) is 5.75 Å². The van der Waals surface area contributed by atoms with Crippen molar-refractivity contribution in [3.05, 3.63) is 95.4 Å². The second kappa shape index (κ2) is 11.4. The highest BCUT2D eigenvalue weighted by atomic mass is 35.5. The Labute approximate surface area is 220 Å². The summed E-state index contributed by atoms with van der Waals surface area (Å²) in [5.41, 5.74) is 1.20. The van der Waals surface area contributed by atoms with Crippen molar-refractivity contribution >= 4 is 87.3 Å². The number of halogens is 6. The summed E-state index contributed by atoms with van der Waals surface area (Å²) in [6, 6.07) is 14.7. The third-order valence-corrected chi connectivity index (χ3v) is 6.25. The molecule has 0 heterocycles. The minimum absolute atomic E-state index is 0.108. The molecule has 33 heavy (non-hydrogen) atoms. The maximum Gasteiger partial charge on any atom is 0.266 e. The van der Waals surface area contributed by atoms with Crippen molar-refractivity contribution in [2.45, 2.75) is 6.61 Å². The van der Waals surface area contributed by atoms with Crippen LogP contribution in [0, 0.1) is 11.3 Å². The summed E-state index contributed by atoms with van der Waals surface area (Å²) >= 11 is 36.8. The molecule has 0 aliphatic heterocycles. The van der Waals surface area contributed by atoms with Crippen LogP contribution in [0.4, 0.5) is 5.69 Å². The van der Waals surface area contributed by atoms with Crippen molar-refractivity contribution in [1.29, 1.82) is 5.26 Å². The first-order chi connectivity index (χ1) is 15.7. The number of amides is 1. The molecule has 0 saturated heterocycles. The average Bonchev–Trinajstić information content (AvgIpc) is 2.75. The van der Waals surface area contributed by atoms with Crippen molar-refractivity contribution in [2.24, 2.45) is 0 Å². The largest absolute Gasteiger partial charge is 0.486 e. The van der Waals surface area contributed by atoms with E-state index in [1.807, 2.05) is 6.07 Å². The molecule has 3 rings (SSSR count). The fourth-order valence-electron chi connectivity index (χ4n) is 2.69. The number of anilines is 1. The van der Waals surface area contributed by atoms with Crippen LogP contribution in [0.15, 0.2) is 54.1 Å². The zero-order valence-corrected chi connectivity index (χ0v) is 21.0. The van der Waals surface area contributed by atoms with Gasteiger partial charge in [0.05, 0.1) is 25.8 Å². The number of hydrogen-bond donors (Lipinski definition) is 1. The molecular formula is C23H12Cl6N2O2.